The Bertz CT molecular complexity index is 959. The number of anilines is 1. The van der Waals surface area contributed by atoms with Crippen LogP contribution in [0.1, 0.15) is 0 Å². The van der Waals surface area contributed by atoms with Crippen molar-refractivity contribution in [1.82, 2.24) is 0 Å². The van der Waals surface area contributed by atoms with Crippen LogP contribution < -0.4 is 4.72 Å². The summed E-state index contributed by atoms with van der Waals surface area (Å²) in [5, 5.41) is 29.4. The van der Waals surface area contributed by atoms with Crippen LogP contribution in [-0.4, -0.2) is 19.0 Å². The maximum Gasteiger partial charge on any atom is 0.143 e. The van der Waals surface area contributed by atoms with Crippen LogP contribution >= 0.6 is 0 Å². The maximum atomic E-state index is 10.7. The monoisotopic (exact) mass is 342 g/mol. The minimum absolute atomic E-state index is 0.0492. The van der Waals surface area contributed by atoms with E-state index in [0.29, 0.717) is 5.39 Å². The number of hydrogen-bond donors (Lipinski definition) is 3. The van der Waals surface area contributed by atoms with E-state index in [0.717, 1.165) is 5.39 Å². The van der Waals surface area contributed by atoms with Gasteiger partial charge in [-0.25, -0.2) is 0 Å². The van der Waals surface area contributed by atoms with Gasteiger partial charge in [-0.05, 0) is 29.7 Å². The molecular formula is C16H12N3O4S-. The highest BCUT2D eigenvalue weighted by Crippen LogP contribution is 2.37. The van der Waals surface area contributed by atoms with Gasteiger partial charge in [-0.1, -0.05) is 30.3 Å². The summed E-state index contributed by atoms with van der Waals surface area (Å²) in [4.78, 5) is 0. The summed E-state index contributed by atoms with van der Waals surface area (Å²) in [6.45, 7) is 0. The van der Waals surface area contributed by atoms with E-state index in [-0.39, 0.29) is 28.6 Å². The molecule has 122 valence electrons. The van der Waals surface area contributed by atoms with Crippen LogP contribution in [0.4, 0.5) is 17.1 Å². The molecule has 0 fully saturated rings. The lowest BCUT2D eigenvalue weighted by atomic mass is 10.1. The van der Waals surface area contributed by atoms with E-state index in [9.17, 15) is 19.0 Å². The molecule has 0 aliphatic carbocycles. The zero-order chi connectivity index (χ0) is 17.1. The summed E-state index contributed by atoms with van der Waals surface area (Å²) in [6.07, 6.45) is 0. The van der Waals surface area contributed by atoms with Crippen molar-refractivity contribution in [3.63, 3.8) is 0 Å². The molecule has 0 bridgehead atoms. The first-order valence-corrected chi connectivity index (χ1v) is 7.93. The minimum atomic E-state index is -2.49. The standard InChI is InChI=1S/C16H13N3O4S/c20-14-8-6-11(19-24(22)23)9-13(14)17-18-16-12-4-2-1-3-10(12)5-7-15(16)21/h1-9,19-21H,(H,22,23)/p-1. The predicted octanol–water partition coefficient (Wildman–Crippen LogP) is 3.87. The number of hydrogen-bond acceptors (Lipinski definition) is 6. The van der Waals surface area contributed by atoms with Gasteiger partial charge in [0, 0.05) is 22.3 Å². The van der Waals surface area contributed by atoms with E-state index in [4.69, 9.17) is 0 Å². The lowest BCUT2D eigenvalue weighted by molar-refractivity contribution is 0.474. The topological polar surface area (TPSA) is 117 Å². The molecule has 1 atom stereocenters. The summed E-state index contributed by atoms with van der Waals surface area (Å²) in [5.74, 6) is -0.215. The Morgan fingerprint density at radius 3 is 2.50 bits per heavy atom. The second kappa shape index (κ2) is 6.65. The second-order valence-corrected chi connectivity index (χ2v) is 5.57. The van der Waals surface area contributed by atoms with Crippen molar-refractivity contribution in [2.75, 3.05) is 4.72 Å². The lowest BCUT2D eigenvalue weighted by Gasteiger charge is -2.09. The first kappa shape index (κ1) is 15.9. The van der Waals surface area contributed by atoms with Crippen molar-refractivity contribution in [1.29, 1.82) is 0 Å². The minimum Gasteiger partial charge on any atom is -0.755 e. The summed E-state index contributed by atoms with van der Waals surface area (Å²) in [5.41, 5.74) is 0.563. The van der Waals surface area contributed by atoms with Gasteiger partial charge in [0.2, 0.25) is 0 Å². The number of benzene rings is 3. The summed E-state index contributed by atoms with van der Waals surface area (Å²) in [7, 11) is 0. The Kier molecular flexibility index (Phi) is 4.41. The van der Waals surface area contributed by atoms with Crippen molar-refractivity contribution in [2.45, 2.75) is 0 Å². The Morgan fingerprint density at radius 2 is 1.71 bits per heavy atom. The molecule has 0 saturated carbocycles. The van der Waals surface area contributed by atoms with Crippen LogP contribution in [0.3, 0.4) is 0 Å². The van der Waals surface area contributed by atoms with Crippen LogP contribution in [0.15, 0.2) is 64.8 Å². The van der Waals surface area contributed by atoms with Crippen LogP contribution in [-0.2, 0) is 11.3 Å². The number of rotatable bonds is 4. The fraction of sp³-hybridized carbons (Fsp3) is 0. The second-order valence-electron chi connectivity index (χ2n) is 4.89. The molecule has 0 amide bonds. The molecule has 1 unspecified atom stereocenters. The third-order valence-electron chi connectivity index (χ3n) is 3.31. The van der Waals surface area contributed by atoms with Gasteiger partial charge in [-0.15, -0.1) is 10.2 Å². The average molecular weight is 342 g/mol. The molecular weight excluding hydrogens is 330 g/mol. The van der Waals surface area contributed by atoms with Crippen molar-refractivity contribution in [2.24, 2.45) is 10.2 Å². The smallest absolute Gasteiger partial charge is 0.143 e. The molecule has 3 aromatic carbocycles. The van der Waals surface area contributed by atoms with Crippen LogP contribution in [0.2, 0.25) is 0 Å². The van der Waals surface area contributed by atoms with Gasteiger partial charge in [0.15, 0.2) is 0 Å². The molecule has 24 heavy (non-hydrogen) atoms. The fourth-order valence-corrected chi connectivity index (χ4v) is 2.54. The van der Waals surface area contributed by atoms with Gasteiger partial charge in [0.25, 0.3) is 0 Å². The van der Waals surface area contributed by atoms with Gasteiger partial charge in [0.05, 0.1) is 0 Å². The fourth-order valence-electron chi connectivity index (χ4n) is 2.22. The van der Waals surface area contributed by atoms with E-state index in [2.05, 4.69) is 15.0 Å². The molecule has 7 nitrogen and oxygen atoms in total. The molecule has 0 heterocycles. The lowest BCUT2D eigenvalue weighted by Crippen LogP contribution is -2.01. The van der Waals surface area contributed by atoms with Crippen molar-refractivity contribution >= 4 is 39.1 Å². The number of aromatic hydroxyl groups is 2. The van der Waals surface area contributed by atoms with Crippen molar-refractivity contribution in [3.05, 3.63) is 54.6 Å². The number of fused-ring (bicyclic) bond motifs is 1. The zero-order valence-corrected chi connectivity index (χ0v) is 13.0. The highest BCUT2D eigenvalue weighted by molar-refractivity contribution is 7.80. The molecule has 3 N–H and O–H groups in total. The molecule has 0 spiro atoms. The van der Waals surface area contributed by atoms with E-state index < -0.39 is 11.3 Å². The molecule has 0 aliphatic rings. The molecule has 0 aromatic heterocycles. The maximum absolute atomic E-state index is 10.7. The summed E-state index contributed by atoms with van der Waals surface area (Å²) >= 11 is -2.49. The first-order valence-electron chi connectivity index (χ1n) is 6.86. The van der Waals surface area contributed by atoms with Crippen molar-refractivity contribution < 1.29 is 19.0 Å². The number of azo groups is 1. The number of nitrogens with one attached hydrogen (secondary N) is 1. The van der Waals surface area contributed by atoms with E-state index in [1.165, 1.54) is 24.3 Å². The van der Waals surface area contributed by atoms with Crippen LogP contribution in [0.5, 0.6) is 11.5 Å². The molecule has 0 aliphatic heterocycles. The largest absolute Gasteiger partial charge is 0.755 e. The molecule has 0 saturated heterocycles. The van der Waals surface area contributed by atoms with Crippen LogP contribution in [0.25, 0.3) is 10.8 Å². The molecule has 3 aromatic rings. The normalized spacial score (nSPS) is 12.5. The Morgan fingerprint density at radius 1 is 0.958 bits per heavy atom. The van der Waals surface area contributed by atoms with Crippen LogP contribution in [0, 0.1) is 0 Å². The SMILES string of the molecule is O=S([O-])Nc1ccc(O)c(N=Nc2c(O)ccc3ccccc23)c1. The number of phenolic OH excluding ortho intramolecular Hbond substituents is 2. The Balaban J connectivity index is 2.03. The highest BCUT2D eigenvalue weighted by atomic mass is 32.2. The van der Waals surface area contributed by atoms with E-state index in [1.807, 2.05) is 18.2 Å². The Hall–Kier alpha value is -2.97. The molecule has 0 radical (unpaired) electrons. The molecule has 3 rings (SSSR count). The molecule has 8 heteroatoms. The van der Waals surface area contributed by atoms with E-state index in [1.54, 1.807) is 12.1 Å². The van der Waals surface area contributed by atoms with Gasteiger partial charge in [0.1, 0.15) is 22.9 Å². The van der Waals surface area contributed by atoms with Gasteiger partial charge < -0.3 is 19.5 Å². The average Bonchev–Trinajstić information content (AvgIpc) is 2.56. The van der Waals surface area contributed by atoms with Crippen molar-refractivity contribution in [3.8, 4) is 11.5 Å². The predicted molar refractivity (Wildman–Crippen MR) is 90.4 cm³/mol. The third-order valence-corrected chi connectivity index (χ3v) is 3.72. The quantitative estimate of drug-likeness (QED) is 0.379. The van der Waals surface area contributed by atoms with Gasteiger partial charge in [-0.2, -0.15) is 0 Å². The van der Waals surface area contributed by atoms with Gasteiger partial charge in [-0.3, -0.25) is 4.21 Å². The third kappa shape index (κ3) is 3.34. The number of nitrogens with zero attached hydrogens (tertiary/aromatic N) is 2. The number of phenols is 2. The van der Waals surface area contributed by atoms with E-state index >= 15 is 0 Å². The van der Waals surface area contributed by atoms with Gasteiger partial charge >= 0.3 is 0 Å². The highest BCUT2D eigenvalue weighted by Gasteiger charge is 2.07. The first-order chi connectivity index (χ1) is 11.5. The summed E-state index contributed by atoms with van der Waals surface area (Å²) in [6, 6.07) is 14.6. The summed E-state index contributed by atoms with van der Waals surface area (Å²) < 4.78 is 23.5. The zero-order valence-electron chi connectivity index (χ0n) is 12.2. The Labute approximate surface area is 139 Å².